The summed E-state index contributed by atoms with van der Waals surface area (Å²) >= 11 is 5.59. The highest BCUT2D eigenvalue weighted by Crippen LogP contribution is 2.16. The molecule has 0 radical (unpaired) electrons. The minimum atomic E-state index is -0.739. The molecule has 0 spiro atoms. The van der Waals surface area contributed by atoms with Crippen LogP contribution in [0.4, 0.5) is 0 Å². The van der Waals surface area contributed by atoms with E-state index in [0.717, 1.165) is 5.56 Å². The maximum absolute atomic E-state index is 8.93. The molecule has 0 saturated heterocycles. The van der Waals surface area contributed by atoms with Gasteiger partial charge in [0.05, 0.1) is 12.1 Å². The van der Waals surface area contributed by atoms with Gasteiger partial charge in [0.15, 0.2) is 0 Å². The normalized spacial score (nSPS) is 15.7. The average molecular weight is 187 g/mol. The second-order valence-electron chi connectivity index (χ2n) is 2.95. The van der Waals surface area contributed by atoms with E-state index in [1.807, 2.05) is 0 Å². The summed E-state index contributed by atoms with van der Waals surface area (Å²) < 4.78 is 0. The molecule has 3 N–H and O–H groups in total. The first-order valence-corrected chi connectivity index (χ1v) is 3.96. The second-order valence-corrected chi connectivity index (χ2v) is 3.33. The van der Waals surface area contributed by atoms with E-state index in [2.05, 4.69) is 4.98 Å². The van der Waals surface area contributed by atoms with Crippen LogP contribution in [0.2, 0.25) is 5.15 Å². The Balaban J connectivity index is 2.96. The summed E-state index contributed by atoms with van der Waals surface area (Å²) in [7, 11) is 0. The van der Waals surface area contributed by atoms with Crippen LogP contribution in [0, 0.1) is 0 Å². The highest BCUT2D eigenvalue weighted by Gasteiger charge is 2.19. The molecular weight excluding hydrogens is 176 g/mol. The molecule has 0 unspecified atom stereocenters. The van der Waals surface area contributed by atoms with Gasteiger partial charge in [-0.1, -0.05) is 17.7 Å². The van der Waals surface area contributed by atoms with Crippen molar-refractivity contribution in [2.45, 2.75) is 12.5 Å². The van der Waals surface area contributed by atoms with Gasteiger partial charge in [0.25, 0.3) is 0 Å². The number of hydrogen-bond donors (Lipinski definition) is 2. The van der Waals surface area contributed by atoms with Crippen molar-refractivity contribution in [3.63, 3.8) is 0 Å². The molecular formula is C8H11ClN2O. The van der Waals surface area contributed by atoms with Gasteiger partial charge >= 0.3 is 0 Å². The Hall–Kier alpha value is -0.640. The molecule has 12 heavy (non-hydrogen) atoms. The van der Waals surface area contributed by atoms with Gasteiger partial charge in [-0.3, -0.25) is 0 Å². The molecule has 0 aliphatic carbocycles. The maximum Gasteiger partial charge on any atom is 0.129 e. The predicted molar refractivity (Wildman–Crippen MR) is 47.9 cm³/mol. The Morgan fingerprint density at radius 1 is 1.67 bits per heavy atom. The van der Waals surface area contributed by atoms with E-state index in [-0.39, 0.29) is 6.61 Å². The van der Waals surface area contributed by atoms with Crippen molar-refractivity contribution in [1.29, 1.82) is 0 Å². The first-order valence-electron chi connectivity index (χ1n) is 3.58. The lowest BCUT2D eigenvalue weighted by Crippen LogP contribution is -2.36. The lowest BCUT2D eigenvalue weighted by Gasteiger charge is -2.21. The Kier molecular flexibility index (Phi) is 2.67. The van der Waals surface area contributed by atoms with Crippen LogP contribution in [0.1, 0.15) is 12.5 Å². The maximum atomic E-state index is 8.93. The largest absolute Gasteiger partial charge is 0.394 e. The van der Waals surface area contributed by atoms with Crippen LogP contribution >= 0.6 is 11.6 Å². The van der Waals surface area contributed by atoms with E-state index in [9.17, 15) is 0 Å². The van der Waals surface area contributed by atoms with Crippen molar-refractivity contribution in [3.05, 3.63) is 29.0 Å². The fourth-order valence-corrected chi connectivity index (χ4v) is 0.917. The summed E-state index contributed by atoms with van der Waals surface area (Å²) in [5.41, 5.74) is 5.79. The number of nitrogens with zero attached hydrogens (tertiary/aromatic N) is 1. The molecule has 3 nitrogen and oxygen atoms in total. The van der Waals surface area contributed by atoms with Crippen molar-refractivity contribution in [3.8, 4) is 0 Å². The smallest absolute Gasteiger partial charge is 0.129 e. The van der Waals surface area contributed by atoms with Gasteiger partial charge < -0.3 is 10.8 Å². The van der Waals surface area contributed by atoms with Crippen LogP contribution in [-0.2, 0) is 5.54 Å². The summed E-state index contributed by atoms with van der Waals surface area (Å²) in [6.45, 7) is 1.62. The van der Waals surface area contributed by atoms with Crippen LogP contribution in [0.3, 0.4) is 0 Å². The molecule has 0 fully saturated rings. The monoisotopic (exact) mass is 186 g/mol. The number of aliphatic hydroxyl groups excluding tert-OH is 1. The Labute approximate surface area is 76.2 Å². The zero-order chi connectivity index (χ0) is 9.19. The molecule has 1 aromatic rings. The van der Waals surface area contributed by atoms with E-state index in [1.165, 1.54) is 0 Å². The Morgan fingerprint density at radius 3 is 2.75 bits per heavy atom. The molecule has 1 rings (SSSR count). The first-order chi connectivity index (χ1) is 5.56. The molecule has 0 bridgehead atoms. The van der Waals surface area contributed by atoms with Gasteiger partial charge in [0.1, 0.15) is 5.15 Å². The van der Waals surface area contributed by atoms with E-state index >= 15 is 0 Å². The van der Waals surface area contributed by atoms with E-state index in [4.69, 9.17) is 22.4 Å². The summed E-state index contributed by atoms with van der Waals surface area (Å²) in [6, 6.07) is 3.41. The standard InChI is InChI=1S/C8H11ClN2O/c1-8(10,5-12)6-2-3-7(9)11-4-6/h2-4,12H,5,10H2,1H3/t8-/m1/s1. The molecule has 4 heteroatoms. The molecule has 1 atom stereocenters. The van der Waals surface area contributed by atoms with Gasteiger partial charge in [-0.25, -0.2) is 4.98 Å². The Bertz CT molecular complexity index is 258. The van der Waals surface area contributed by atoms with Crippen LogP contribution < -0.4 is 5.73 Å². The van der Waals surface area contributed by atoms with Crippen molar-refractivity contribution in [2.75, 3.05) is 6.61 Å². The number of nitrogens with two attached hydrogens (primary N) is 1. The van der Waals surface area contributed by atoms with E-state index < -0.39 is 5.54 Å². The molecule has 0 amide bonds. The molecule has 0 aliphatic heterocycles. The topological polar surface area (TPSA) is 59.1 Å². The summed E-state index contributed by atoms with van der Waals surface area (Å²) in [6.07, 6.45) is 1.57. The zero-order valence-corrected chi connectivity index (χ0v) is 7.54. The van der Waals surface area contributed by atoms with Gasteiger partial charge in [0, 0.05) is 6.20 Å². The summed E-state index contributed by atoms with van der Waals surface area (Å²) in [5, 5.41) is 9.35. The van der Waals surface area contributed by atoms with Gasteiger partial charge in [-0.2, -0.15) is 0 Å². The van der Waals surface area contributed by atoms with Crippen LogP contribution in [-0.4, -0.2) is 16.7 Å². The highest BCUT2D eigenvalue weighted by molar-refractivity contribution is 6.29. The average Bonchev–Trinajstić information content (AvgIpc) is 2.05. The van der Waals surface area contributed by atoms with Crippen LogP contribution in [0.25, 0.3) is 0 Å². The minimum absolute atomic E-state index is 0.115. The number of halogens is 1. The van der Waals surface area contributed by atoms with Crippen molar-refractivity contribution in [1.82, 2.24) is 4.98 Å². The van der Waals surface area contributed by atoms with Gasteiger partial charge in [-0.05, 0) is 18.6 Å². The van der Waals surface area contributed by atoms with Gasteiger partial charge in [-0.15, -0.1) is 0 Å². The second kappa shape index (κ2) is 3.39. The third kappa shape index (κ3) is 1.94. The number of rotatable bonds is 2. The predicted octanol–water partition coefficient (Wildman–Crippen LogP) is 0.901. The quantitative estimate of drug-likeness (QED) is 0.675. The fraction of sp³-hybridized carbons (Fsp3) is 0.375. The number of aromatic nitrogens is 1. The molecule has 1 aromatic heterocycles. The number of hydrogen-bond acceptors (Lipinski definition) is 3. The molecule has 66 valence electrons. The van der Waals surface area contributed by atoms with Crippen LogP contribution in [0.15, 0.2) is 18.3 Å². The summed E-state index contributed by atoms with van der Waals surface area (Å²) in [4.78, 5) is 3.87. The molecule has 1 heterocycles. The number of pyridine rings is 1. The van der Waals surface area contributed by atoms with E-state index in [0.29, 0.717) is 5.15 Å². The third-order valence-electron chi connectivity index (χ3n) is 1.72. The molecule has 0 aromatic carbocycles. The Morgan fingerprint density at radius 2 is 2.33 bits per heavy atom. The van der Waals surface area contributed by atoms with E-state index in [1.54, 1.807) is 25.3 Å². The fourth-order valence-electron chi connectivity index (χ4n) is 0.805. The van der Waals surface area contributed by atoms with Crippen molar-refractivity contribution in [2.24, 2.45) is 5.73 Å². The third-order valence-corrected chi connectivity index (χ3v) is 1.94. The summed E-state index contributed by atoms with van der Waals surface area (Å²) in [5.74, 6) is 0. The lowest BCUT2D eigenvalue weighted by molar-refractivity contribution is 0.210. The molecule has 0 saturated carbocycles. The van der Waals surface area contributed by atoms with Gasteiger partial charge in [0.2, 0.25) is 0 Å². The van der Waals surface area contributed by atoms with Crippen molar-refractivity contribution < 1.29 is 5.11 Å². The first kappa shape index (κ1) is 9.45. The van der Waals surface area contributed by atoms with Crippen LogP contribution in [0.5, 0.6) is 0 Å². The lowest BCUT2D eigenvalue weighted by atomic mass is 9.96. The SMILES string of the molecule is C[C@@](N)(CO)c1ccc(Cl)nc1. The highest BCUT2D eigenvalue weighted by atomic mass is 35.5. The van der Waals surface area contributed by atoms with Crippen molar-refractivity contribution >= 4 is 11.6 Å². The zero-order valence-electron chi connectivity index (χ0n) is 6.79. The molecule has 0 aliphatic rings. The number of aliphatic hydroxyl groups is 1. The minimum Gasteiger partial charge on any atom is -0.394 e.